The SMILES string of the molecule is IC1=C(n2cccn2)N=CN=C=C1. The third-order valence-electron chi connectivity index (χ3n) is 1.44. The lowest BCUT2D eigenvalue weighted by molar-refractivity contribution is 0.888. The molecule has 0 amide bonds. The van der Waals surface area contributed by atoms with Crippen LogP contribution in [0, 0.1) is 0 Å². The van der Waals surface area contributed by atoms with Crippen molar-refractivity contribution in [2.45, 2.75) is 0 Å². The Hall–Kier alpha value is -1.20. The van der Waals surface area contributed by atoms with Crippen LogP contribution < -0.4 is 0 Å². The maximum absolute atomic E-state index is 4.13. The van der Waals surface area contributed by atoms with Crippen LogP contribution in [-0.4, -0.2) is 22.0 Å². The van der Waals surface area contributed by atoms with Crippen molar-refractivity contribution in [3.05, 3.63) is 28.1 Å². The fourth-order valence-electron chi connectivity index (χ4n) is 0.900. The van der Waals surface area contributed by atoms with E-state index in [2.05, 4.69) is 43.5 Å². The second-order valence-corrected chi connectivity index (χ2v) is 3.43. The Morgan fingerprint density at radius 1 is 1.46 bits per heavy atom. The van der Waals surface area contributed by atoms with Gasteiger partial charge in [-0.3, -0.25) is 0 Å². The van der Waals surface area contributed by atoms with Crippen molar-refractivity contribution in [3.8, 4) is 0 Å². The predicted octanol–water partition coefficient (Wildman–Crippen LogP) is 1.71. The highest BCUT2D eigenvalue weighted by Gasteiger charge is 2.03. The Kier molecular flexibility index (Phi) is 2.37. The van der Waals surface area contributed by atoms with Crippen LogP contribution in [0.25, 0.3) is 5.82 Å². The summed E-state index contributed by atoms with van der Waals surface area (Å²) in [6, 6.07) is 1.85. The number of halogens is 1. The van der Waals surface area contributed by atoms with E-state index in [1.807, 2.05) is 12.3 Å². The molecule has 0 spiro atoms. The van der Waals surface area contributed by atoms with Crippen molar-refractivity contribution >= 4 is 40.6 Å². The summed E-state index contributed by atoms with van der Waals surface area (Å²) in [6.07, 6.45) is 6.77. The molecule has 0 atom stereocenters. The van der Waals surface area contributed by atoms with Crippen molar-refractivity contribution < 1.29 is 0 Å². The highest BCUT2D eigenvalue weighted by atomic mass is 127. The molecular formula is C8H5IN4. The third kappa shape index (κ3) is 1.76. The maximum atomic E-state index is 4.13. The first-order valence-electron chi connectivity index (χ1n) is 3.59. The molecule has 5 heteroatoms. The molecular weight excluding hydrogens is 279 g/mol. The number of rotatable bonds is 1. The van der Waals surface area contributed by atoms with Crippen LogP contribution in [0.2, 0.25) is 0 Å². The summed E-state index contributed by atoms with van der Waals surface area (Å²) in [5.41, 5.74) is 0. The summed E-state index contributed by atoms with van der Waals surface area (Å²) in [7, 11) is 0. The van der Waals surface area contributed by atoms with Crippen molar-refractivity contribution in [2.75, 3.05) is 0 Å². The number of nitrogens with zero attached hydrogens (tertiary/aromatic N) is 4. The maximum Gasteiger partial charge on any atom is 0.169 e. The first-order chi connectivity index (χ1) is 6.38. The van der Waals surface area contributed by atoms with Crippen LogP contribution in [0.3, 0.4) is 0 Å². The summed E-state index contributed by atoms with van der Waals surface area (Å²) in [4.78, 5) is 7.93. The monoisotopic (exact) mass is 284 g/mol. The molecule has 1 aliphatic heterocycles. The molecule has 0 saturated heterocycles. The molecule has 1 aromatic heterocycles. The lowest BCUT2D eigenvalue weighted by Gasteiger charge is -2.00. The van der Waals surface area contributed by atoms with Crippen LogP contribution in [-0.2, 0) is 0 Å². The Morgan fingerprint density at radius 2 is 2.38 bits per heavy atom. The van der Waals surface area contributed by atoms with Gasteiger partial charge in [0.2, 0.25) is 0 Å². The van der Waals surface area contributed by atoms with E-state index in [9.17, 15) is 0 Å². The molecule has 0 saturated carbocycles. The minimum absolute atomic E-state index is 0.763. The topological polar surface area (TPSA) is 42.5 Å². The van der Waals surface area contributed by atoms with Crippen LogP contribution in [0.5, 0.6) is 0 Å². The van der Waals surface area contributed by atoms with E-state index in [1.54, 1.807) is 17.0 Å². The van der Waals surface area contributed by atoms with Gasteiger partial charge in [0.05, 0.1) is 3.58 Å². The Morgan fingerprint density at radius 3 is 3.15 bits per heavy atom. The molecule has 4 nitrogen and oxygen atoms in total. The van der Waals surface area contributed by atoms with E-state index in [4.69, 9.17) is 0 Å². The second-order valence-electron chi connectivity index (χ2n) is 2.27. The molecule has 0 bridgehead atoms. The van der Waals surface area contributed by atoms with E-state index < -0.39 is 0 Å². The molecule has 2 rings (SSSR count). The third-order valence-corrected chi connectivity index (χ3v) is 2.23. The highest BCUT2D eigenvalue weighted by molar-refractivity contribution is 14.1. The van der Waals surface area contributed by atoms with Gasteiger partial charge in [0, 0.05) is 18.5 Å². The number of hydrogen-bond donors (Lipinski definition) is 0. The standard InChI is InChI=1S/C8H5IN4/c9-7-2-4-10-6-11-8(7)13-5-1-3-12-13/h1-3,5-6H. The zero-order valence-corrected chi connectivity index (χ0v) is 8.71. The lowest BCUT2D eigenvalue weighted by atomic mass is 10.5. The number of hydrogen-bond acceptors (Lipinski definition) is 3. The molecule has 64 valence electrons. The van der Waals surface area contributed by atoms with Crippen molar-refractivity contribution in [1.82, 2.24) is 9.78 Å². The predicted molar refractivity (Wildman–Crippen MR) is 60.0 cm³/mol. The summed E-state index contributed by atoms with van der Waals surface area (Å²) < 4.78 is 2.65. The van der Waals surface area contributed by atoms with Crippen LogP contribution in [0.4, 0.5) is 0 Å². The minimum atomic E-state index is 0.763. The quantitative estimate of drug-likeness (QED) is 0.724. The fraction of sp³-hybridized carbons (Fsp3) is 0. The average Bonchev–Trinajstić information content (AvgIpc) is 2.56. The van der Waals surface area contributed by atoms with Crippen molar-refractivity contribution in [2.24, 2.45) is 9.98 Å². The Labute approximate surface area is 88.5 Å². The summed E-state index contributed by atoms with van der Waals surface area (Å²) >= 11 is 2.17. The molecule has 1 aliphatic rings. The fourth-order valence-corrected chi connectivity index (χ4v) is 1.43. The smallest absolute Gasteiger partial charge is 0.169 e. The van der Waals surface area contributed by atoms with Gasteiger partial charge in [-0.2, -0.15) is 10.1 Å². The van der Waals surface area contributed by atoms with Gasteiger partial charge in [0.15, 0.2) is 5.82 Å². The van der Waals surface area contributed by atoms with Gasteiger partial charge in [-0.25, -0.2) is 9.67 Å². The first-order valence-corrected chi connectivity index (χ1v) is 4.67. The molecule has 2 heterocycles. The highest BCUT2D eigenvalue weighted by Crippen LogP contribution is 2.18. The van der Waals surface area contributed by atoms with Gasteiger partial charge in [-0.1, -0.05) is 0 Å². The first kappa shape index (κ1) is 8.40. The zero-order valence-electron chi connectivity index (χ0n) is 6.55. The number of allylic oxidation sites excluding steroid dienone is 2. The van der Waals surface area contributed by atoms with Gasteiger partial charge in [-0.15, -0.1) is 0 Å². The average molecular weight is 284 g/mol. The van der Waals surface area contributed by atoms with Crippen LogP contribution in [0.1, 0.15) is 0 Å². The largest absolute Gasteiger partial charge is 0.222 e. The van der Waals surface area contributed by atoms with E-state index in [0.717, 1.165) is 9.40 Å². The molecule has 0 radical (unpaired) electrons. The van der Waals surface area contributed by atoms with Crippen LogP contribution in [0.15, 0.2) is 38.1 Å². The second kappa shape index (κ2) is 3.68. The Bertz CT molecular complexity index is 421. The van der Waals surface area contributed by atoms with E-state index >= 15 is 0 Å². The summed E-state index contributed by atoms with van der Waals surface area (Å²) in [5.74, 6) is 3.50. The van der Waals surface area contributed by atoms with Crippen molar-refractivity contribution in [3.63, 3.8) is 0 Å². The van der Waals surface area contributed by atoms with Gasteiger partial charge < -0.3 is 0 Å². The van der Waals surface area contributed by atoms with Crippen LogP contribution >= 0.6 is 22.6 Å². The molecule has 0 unspecified atom stereocenters. The van der Waals surface area contributed by atoms with Gasteiger partial charge >= 0.3 is 0 Å². The molecule has 0 N–H and O–H groups in total. The van der Waals surface area contributed by atoms with E-state index in [1.165, 1.54) is 6.34 Å². The van der Waals surface area contributed by atoms with Gasteiger partial charge in [0.1, 0.15) is 6.34 Å². The molecule has 0 aliphatic carbocycles. The number of aliphatic imine (C=N–C) groups is 2. The lowest BCUT2D eigenvalue weighted by Crippen LogP contribution is -1.96. The van der Waals surface area contributed by atoms with Gasteiger partial charge in [-0.05, 0) is 34.5 Å². The minimum Gasteiger partial charge on any atom is -0.222 e. The summed E-state index contributed by atoms with van der Waals surface area (Å²) in [6.45, 7) is 0. The Balaban J connectivity index is 2.50. The molecule has 1 aromatic rings. The van der Waals surface area contributed by atoms with Gasteiger partial charge in [0.25, 0.3) is 0 Å². The van der Waals surface area contributed by atoms with E-state index in [-0.39, 0.29) is 0 Å². The van der Waals surface area contributed by atoms with Crippen molar-refractivity contribution in [1.29, 1.82) is 0 Å². The zero-order chi connectivity index (χ0) is 9.10. The summed E-state index contributed by atoms with van der Waals surface area (Å²) in [5, 5.41) is 4.08. The van der Waals surface area contributed by atoms with E-state index in [0.29, 0.717) is 0 Å². The molecule has 0 fully saturated rings. The normalized spacial score (nSPS) is 15.2. The molecule has 0 aromatic carbocycles. The number of aromatic nitrogens is 2. The molecule has 13 heavy (non-hydrogen) atoms.